The van der Waals surface area contributed by atoms with Crippen LogP contribution in [-0.2, 0) is 6.54 Å². The first-order valence-corrected chi connectivity index (χ1v) is 6.65. The molecular formula is C14H11FN2OS. The number of thiazole rings is 1. The van der Waals surface area contributed by atoms with E-state index in [9.17, 15) is 4.39 Å². The number of fused-ring (bicyclic) bond motifs is 1. The Kier molecular flexibility index (Phi) is 3.05. The molecule has 3 nitrogen and oxygen atoms in total. The van der Waals surface area contributed by atoms with Gasteiger partial charge >= 0.3 is 0 Å². The quantitative estimate of drug-likeness (QED) is 0.764. The molecule has 19 heavy (non-hydrogen) atoms. The lowest BCUT2D eigenvalue weighted by Crippen LogP contribution is -1.99. The molecule has 0 unspecified atom stereocenters. The highest BCUT2D eigenvalue weighted by Crippen LogP contribution is 2.22. The molecular weight excluding hydrogens is 263 g/mol. The zero-order valence-electron chi connectivity index (χ0n) is 9.93. The van der Waals surface area contributed by atoms with Crippen molar-refractivity contribution >= 4 is 27.2 Å². The van der Waals surface area contributed by atoms with E-state index in [0.717, 1.165) is 21.5 Å². The second kappa shape index (κ2) is 4.85. The van der Waals surface area contributed by atoms with Crippen LogP contribution in [0.15, 0.2) is 41.9 Å². The van der Waals surface area contributed by atoms with E-state index in [4.69, 9.17) is 5.11 Å². The van der Waals surface area contributed by atoms with Gasteiger partial charge in [-0.15, -0.1) is 11.3 Å². The summed E-state index contributed by atoms with van der Waals surface area (Å²) >= 11 is 1.58. The molecule has 2 N–H and O–H groups in total. The van der Waals surface area contributed by atoms with Crippen molar-refractivity contribution in [1.82, 2.24) is 4.98 Å². The number of phenolic OH excluding ortho intramolecular Hbond substituents is 1. The summed E-state index contributed by atoms with van der Waals surface area (Å²) in [5.41, 5.74) is 4.53. The van der Waals surface area contributed by atoms with E-state index in [1.54, 1.807) is 17.4 Å². The summed E-state index contributed by atoms with van der Waals surface area (Å²) in [6.07, 6.45) is 0. The third-order valence-corrected chi connectivity index (χ3v) is 3.63. The van der Waals surface area contributed by atoms with Gasteiger partial charge in [-0.2, -0.15) is 0 Å². The van der Waals surface area contributed by atoms with E-state index in [1.807, 2.05) is 23.7 Å². The summed E-state index contributed by atoms with van der Waals surface area (Å²) in [4.78, 5) is 4.21. The molecule has 5 heteroatoms. The average molecular weight is 274 g/mol. The van der Waals surface area contributed by atoms with Crippen molar-refractivity contribution in [3.05, 3.63) is 53.3 Å². The molecule has 96 valence electrons. The molecule has 0 aliphatic heterocycles. The van der Waals surface area contributed by atoms with Gasteiger partial charge in [-0.25, -0.2) is 9.37 Å². The minimum absolute atomic E-state index is 0.324. The van der Waals surface area contributed by atoms with Crippen molar-refractivity contribution in [2.24, 2.45) is 0 Å². The summed E-state index contributed by atoms with van der Waals surface area (Å²) in [6, 6.07) is 10.3. The lowest BCUT2D eigenvalue weighted by atomic mass is 10.2. The van der Waals surface area contributed by atoms with Crippen molar-refractivity contribution in [2.75, 3.05) is 5.32 Å². The minimum atomic E-state index is -0.600. The molecule has 3 aromatic rings. The highest BCUT2D eigenvalue weighted by atomic mass is 32.1. The zero-order chi connectivity index (χ0) is 13.2. The van der Waals surface area contributed by atoms with Crippen LogP contribution in [0.5, 0.6) is 5.75 Å². The zero-order valence-corrected chi connectivity index (χ0v) is 10.7. The van der Waals surface area contributed by atoms with Crippen LogP contribution in [0.4, 0.5) is 10.1 Å². The maximum absolute atomic E-state index is 13.2. The van der Waals surface area contributed by atoms with Crippen LogP contribution in [0, 0.1) is 5.82 Å². The lowest BCUT2D eigenvalue weighted by Gasteiger charge is -2.07. The summed E-state index contributed by atoms with van der Waals surface area (Å²) in [7, 11) is 0. The topological polar surface area (TPSA) is 45.1 Å². The maximum atomic E-state index is 13.2. The van der Waals surface area contributed by atoms with Crippen LogP contribution < -0.4 is 5.32 Å². The van der Waals surface area contributed by atoms with Crippen molar-refractivity contribution < 1.29 is 9.50 Å². The Morgan fingerprint density at radius 3 is 2.95 bits per heavy atom. The van der Waals surface area contributed by atoms with E-state index in [0.29, 0.717) is 6.54 Å². The Morgan fingerprint density at radius 1 is 1.21 bits per heavy atom. The number of nitrogens with zero attached hydrogens (tertiary/aromatic N) is 1. The van der Waals surface area contributed by atoms with Gasteiger partial charge in [0.15, 0.2) is 11.6 Å². The molecule has 0 aliphatic carbocycles. The summed E-state index contributed by atoms with van der Waals surface area (Å²) in [6.45, 7) is 0.501. The second-order valence-electron chi connectivity index (χ2n) is 4.17. The van der Waals surface area contributed by atoms with Crippen LogP contribution in [0.3, 0.4) is 0 Å². The first kappa shape index (κ1) is 11.9. The monoisotopic (exact) mass is 274 g/mol. The fourth-order valence-corrected chi connectivity index (χ4v) is 2.55. The van der Waals surface area contributed by atoms with Gasteiger partial charge in [0.05, 0.1) is 15.7 Å². The van der Waals surface area contributed by atoms with E-state index in [1.165, 1.54) is 12.1 Å². The number of nitrogens with one attached hydrogen (secondary N) is 1. The first-order valence-electron chi connectivity index (χ1n) is 5.77. The number of hydrogen-bond donors (Lipinski definition) is 2. The number of hydrogen-bond acceptors (Lipinski definition) is 4. The molecule has 0 atom stereocenters. The number of benzene rings is 2. The van der Waals surface area contributed by atoms with E-state index < -0.39 is 5.82 Å². The lowest BCUT2D eigenvalue weighted by molar-refractivity contribution is 0.432. The normalized spacial score (nSPS) is 10.8. The molecule has 3 rings (SSSR count). The second-order valence-corrected chi connectivity index (χ2v) is 5.06. The highest BCUT2D eigenvalue weighted by molar-refractivity contribution is 7.16. The van der Waals surface area contributed by atoms with Gasteiger partial charge in [-0.3, -0.25) is 0 Å². The summed E-state index contributed by atoms with van der Waals surface area (Å²) in [5, 5.41) is 12.3. The molecule has 0 spiro atoms. The summed E-state index contributed by atoms with van der Waals surface area (Å²) in [5.74, 6) is -0.924. The molecule has 1 heterocycles. The number of phenols is 1. The molecule has 0 amide bonds. The minimum Gasteiger partial charge on any atom is -0.505 e. The predicted octanol–water partition coefficient (Wildman–Crippen LogP) is 3.75. The van der Waals surface area contributed by atoms with Gasteiger partial charge in [0.25, 0.3) is 0 Å². The van der Waals surface area contributed by atoms with Crippen LogP contribution in [0.1, 0.15) is 5.56 Å². The first-order chi connectivity index (χ1) is 9.22. The van der Waals surface area contributed by atoms with Crippen molar-refractivity contribution in [3.63, 3.8) is 0 Å². The molecule has 1 aromatic heterocycles. The third-order valence-electron chi connectivity index (χ3n) is 2.84. The molecule has 0 aliphatic rings. The third kappa shape index (κ3) is 2.51. The van der Waals surface area contributed by atoms with Gasteiger partial charge in [0.1, 0.15) is 0 Å². The maximum Gasteiger partial charge on any atom is 0.165 e. The smallest absolute Gasteiger partial charge is 0.165 e. The molecule has 2 aromatic carbocycles. The number of halogens is 1. The molecule has 0 fully saturated rings. The van der Waals surface area contributed by atoms with E-state index >= 15 is 0 Å². The average Bonchev–Trinajstić information content (AvgIpc) is 2.87. The Morgan fingerprint density at radius 2 is 2.11 bits per heavy atom. The molecule has 0 radical (unpaired) electrons. The van der Waals surface area contributed by atoms with E-state index in [2.05, 4.69) is 10.3 Å². The Labute approximate surface area is 113 Å². The molecule has 0 saturated heterocycles. The largest absolute Gasteiger partial charge is 0.505 e. The standard InChI is InChI=1S/C14H11FN2OS/c15-11-5-9(1-4-13(11)18)7-16-10-2-3-12-14(6-10)19-8-17-12/h1-6,8,16,18H,7H2. The molecule has 0 bridgehead atoms. The van der Waals surface area contributed by atoms with Crippen molar-refractivity contribution in [2.45, 2.75) is 6.54 Å². The number of aromatic hydroxyl groups is 1. The predicted molar refractivity (Wildman–Crippen MR) is 75.0 cm³/mol. The SMILES string of the molecule is Oc1ccc(CNc2ccc3ncsc3c2)cc1F. The van der Waals surface area contributed by atoms with Gasteiger partial charge in [0, 0.05) is 12.2 Å². The van der Waals surface area contributed by atoms with Crippen molar-refractivity contribution in [3.8, 4) is 5.75 Å². The van der Waals surface area contributed by atoms with Crippen LogP contribution in [-0.4, -0.2) is 10.1 Å². The van der Waals surface area contributed by atoms with Crippen molar-refractivity contribution in [1.29, 1.82) is 0 Å². The van der Waals surface area contributed by atoms with E-state index in [-0.39, 0.29) is 5.75 Å². The van der Waals surface area contributed by atoms with Gasteiger partial charge in [0.2, 0.25) is 0 Å². The fraction of sp³-hybridized carbons (Fsp3) is 0.0714. The van der Waals surface area contributed by atoms with Crippen LogP contribution in [0.2, 0.25) is 0 Å². The van der Waals surface area contributed by atoms with Gasteiger partial charge in [-0.05, 0) is 35.9 Å². The highest BCUT2D eigenvalue weighted by Gasteiger charge is 2.02. The number of rotatable bonds is 3. The Balaban J connectivity index is 1.75. The number of aromatic nitrogens is 1. The summed E-state index contributed by atoms with van der Waals surface area (Å²) < 4.78 is 14.3. The van der Waals surface area contributed by atoms with Crippen LogP contribution in [0.25, 0.3) is 10.2 Å². The Bertz CT molecular complexity index is 726. The van der Waals surface area contributed by atoms with Gasteiger partial charge < -0.3 is 10.4 Å². The fourth-order valence-electron chi connectivity index (χ4n) is 1.83. The Hall–Kier alpha value is -2.14. The van der Waals surface area contributed by atoms with Gasteiger partial charge in [-0.1, -0.05) is 6.07 Å². The van der Waals surface area contributed by atoms with Crippen LogP contribution >= 0.6 is 11.3 Å². The number of anilines is 1. The molecule has 0 saturated carbocycles.